The van der Waals surface area contributed by atoms with E-state index in [1.165, 1.54) is 34.4 Å². The Morgan fingerprint density at radius 1 is 1.38 bits per heavy atom. The molecule has 5 nitrogen and oxygen atoms in total. The lowest BCUT2D eigenvalue weighted by atomic mass is 10.0. The number of esters is 1. The van der Waals surface area contributed by atoms with Crippen LogP contribution < -0.4 is 5.32 Å². The van der Waals surface area contributed by atoms with Crippen molar-refractivity contribution in [2.24, 2.45) is 5.92 Å². The second kappa shape index (κ2) is 9.19. The monoisotopic (exact) mass is 384 g/mol. The standard InChI is InChI=1S/C16H20N2O3S3/c1-4-21-15(20)13-11(7-10(2)3)8-23-14(13)18-12(19)9-24-16-17-5-6-22-16/h5-6,8,10H,4,7,9H2,1-3H3,(H,18,19). The number of carbonyl (C=O) groups excluding carboxylic acids is 2. The third kappa shape index (κ3) is 5.32. The molecule has 0 spiro atoms. The van der Waals surface area contributed by atoms with E-state index >= 15 is 0 Å². The van der Waals surface area contributed by atoms with Crippen molar-refractivity contribution in [1.82, 2.24) is 4.98 Å². The van der Waals surface area contributed by atoms with Crippen LogP contribution in [0.3, 0.4) is 0 Å². The van der Waals surface area contributed by atoms with Crippen molar-refractivity contribution in [3.63, 3.8) is 0 Å². The first-order chi connectivity index (χ1) is 11.5. The molecule has 8 heteroatoms. The van der Waals surface area contributed by atoms with E-state index in [1.54, 1.807) is 13.1 Å². The quantitative estimate of drug-likeness (QED) is 0.542. The molecular weight excluding hydrogens is 364 g/mol. The van der Waals surface area contributed by atoms with Crippen LogP contribution in [-0.2, 0) is 16.0 Å². The summed E-state index contributed by atoms with van der Waals surface area (Å²) in [6.45, 7) is 6.27. The summed E-state index contributed by atoms with van der Waals surface area (Å²) in [5.41, 5.74) is 1.42. The minimum absolute atomic E-state index is 0.154. The second-order valence-electron chi connectivity index (χ2n) is 5.42. The number of hydrogen-bond acceptors (Lipinski definition) is 7. The van der Waals surface area contributed by atoms with E-state index in [1.807, 2.05) is 10.8 Å². The Labute approximate surface area is 153 Å². The molecule has 0 aliphatic heterocycles. The van der Waals surface area contributed by atoms with Crippen molar-refractivity contribution in [3.05, 3.63) is 28.1 Å². The normalized spacial score (nSPS) is 10.8. The van der Waals surface area contributed by atoms with Gasteiger partial charge in [-0.1, -0.05) is 25.6 Å². The highest BCUT2D eigenvalue weighted by atomic mass is 32.2. The van der Waals surface area contributed by atoms with Gasteiger partial charge in [-0.25, -0.2) is 9.78 Å². The fraction of sp³-hybridized carbons (Fsp3) is 0.438. The molecule has 2 heterocycles. The Kier molecular flexibility index (Phi) is 7.26. The summed E-state index contributed by atoms with van der Waals surface area (Å²) in [5.74, 6) is 0.139. The SMILES string of the molecule is CCOC(=O)c1c(CC(C)C)csc1NC(=O)CSc1nccs1. The maximum absolute atomic E-state index is 12.3. The third-order valence-corrected chi connectivity index (χ3v) is 5.87. The molecule has 0 aliphatic rings. The van der Waals surface area contributed by atoms with Crippen LogP contribution in [-0.4, -0.2) is 29.2 Å². The molecule has 24 heavy (non-hydrogen) atoms. The summed E-state index contributed by atoms with van der Waals surface area (Å²) >= 11 is 4.25. The van der Waals surface area contributed by atoms with Crippen LogP contribution in [0.1, 0.15) is 36.7 Å². The molecule has 2 aromatic rings. The molecule has 0 aliphatic carbocycles. The van der Waals surface area contributed by atoms with E-state index in [0.29, 0.717) is 23.1 Å². The molecule has 0 aromatic carbocycles. The van der Waals surface area contributed by atoms with E-state index < -0.39 is 0 Å². The summed E-state index contributed by atoms with van der Waals surface area (Å²) in [7, 11) is 0. The van der Waals surface area contributed by atoms with Crippen LogP contribution in [0.5, 0.6) is 0 Å². The smallest absolute Gasteiger partial charge is 0.341 e. The molecule has 0 radical (unpaired) electrons. The molecule has 2 rings (SSSR count). The summed E-state index contributed by atoms with van der Waals surface area (Å²) in [6, 6.07) is 0. The Bertz CT molecular complexity index is 681. The van der Waals surface area contributed by atoms with Crippen LogP contribution in [0.25, 0.3) is 0 Å². The highest BCUT2D eigenvalue weighted by Crippen LogP contribution is 2.31. The number of nitrogens with one attached hydrogen (secondary N) is 1. The van der Waals surface area contributed by atoms with Crippen LogP contribution in [0, 0.1) is 5.92 Å². The van der Waals surface area contributed by atoms with Gasteiger partial charge >= 0.3 is 5.97 Å². The third-order valence-electron chi connectivity index (χ3n) is 2.96. The zero-order valence-corrected chi connectivity index (χ0v) is 16.3. The first kappa shape index (κ1) is 19.0. The number of thioether (sulfide) groups is 1. The lowest BCUT2D eigenvalue weighted by molar-refractivity contribution is -0.113. The van der Waals surface area contributed by atoms with Gasteiger partial charge in [0, 0.05) is 11.6 Å². The average Bonchev–Trinajstić information content (AvgIpc) is 3.15. The van der Waals surface area contributed by atoms with Crippen LogP contribution in [0.15, 0.2) is 21.3 Å². The molecule has 0 fully saturated rings. The highest BCUT2D eigenvalue weighted by molar-refractivity contribution is 8.01. The van der Waals surface area contributed by atoms with Gasteiger partial charge in [-0.15, -0.1) is 22.7 Å². The van der Waals surface area contributed by atoms with Crippen LogP contribution in [0.2, 0.25) is 0 Å². The molecular formula is C16H20N2O3S3. The maximum atomic E-state index is 12.3. The highest BCUT2D eigenvalue weighted by Gasteiger charge is 2.22. The van der Waals surface area contributed by atoms with Gasteiger partial charge in [0.05, 0.1) is 17.9 Å². The molecule has 1 amide bonds. The van der Waals surface area contributed by atoms with E-state index in [2.05, 4.69) is 24.1 Å². The lowest BCUT2D eigenvalue weighted by Crippen LogP contribution is -2.17. The Balaban J connectivity index is 2.08. The van der Waals surface area contributed by atoms with Gasteiger partial charge in [-0.05, 0) is 30.2 Å². The Morgan fingerprint density at radius 3 is 2.79 bits per heavy atom. The summed E-state index contributed by atoms with van der Waals surface area (Å²) in [4.78, 5) is 28.6. The summed E-state index contributed by atoms with van der Waals surface area (Å²) in [5, 5.41) is 7.20. The predicted octanol–water partition coefficient (Wildman–Crippen LogP) is 4.31. The van der Waals surface area contributed by atoms with Gasteiger partial charge in [0.15, 0.2) is 0 Å². The van der Waals surface area contributed by atoms with E-state index in [-0.39, 0.29) is 17.6 Å². The first-order valence-electron chi connectivity index (χ1n) is 7.60. The van der Waals surface area contributed by atoms with Gasteiger partial charge < -0.3 is 10.1 Å². The number of anilines is 1. The predicted molar refractivity (Wildman–Crippen MR) is 100 cm³/mol. The largest absolute Gasteiger partial charge is 0.462 e. The van der Waals surface area contributed by atoms with E-state index in [4.69, 9.17) is 4.74 Å². The van der Waals surface area contributed by atoms with Gasteiger partial charge in [0.1, 0.15) is 9.34 Å². The number of thiophene rings is 1. The van der Waals surface area contributed by atoms with Crippen molar-refractivity contribution in [2.45, 2.75) is 31.5 Å². The maximum Gasteiger partial charge on any atom is 0.341 e. The number of amides is 1. The average molecular weight is 385 g/mol. The van der Waals surface area contributed by atoms with Crippen molar-refractivity contribution in [1.29, 1.82) is 0 Å². The minimum Gasteiger partial charge on any atom is -0.462 e. The van der Waals surface area contributed by atoms with Gasteiger partial charge in [0.2, 0.25) is 5.91 Å². The number of rotatable bonds is 8. The number of ether oxygens (including phenoxy) is 1. The van der Waals surface area contributed by atoms with Gasteiger partial charge in [-0.3, -0.25) is 4.79 Å². The summed E-state index contributed by atoms with van der Waals surface area (Å²) < 4.78 is 6.00. The Hall–Kier alpha value is -1.38. The van der Waals surface area contributed by atoms with E-state index in [9.17, 15) is 9.59 Å². The molecule has 0 saturated heterocycles. The zero-order chi connectivity index (χ0) is 17.5. The molecule has 0 unspecified atom stereocenters. The van der Waals surface area contributed by atoms with Crippen molar-refractivity contribution in [2.75, 3.05) is 17.7 Å². The number of thiazole rings is 1. The van der Waals surface area contributed by atoms with Crippen molar-refractivity contribution < 1.29 is 14.3 Å². The van der Waals surface area contributed by atoms with Crippen molar-refractivity contribution in [3.8, 4) is 0 Å². The topological polar surface area (TPSA) is 68.3 Å². The molecule has 0 atom stereocenters. The van der Waals surface area contributed by atoms with Gasteiger partial charge in [-0.2, -0.15) is 0 Å². The molecule has 130 valence electrons. The van der Waals surface area contributed by atoms with Gasteiger partial charge in [0.25, 0.3) is 0 Å². The van der Waals surface area contributed by atoms with Crippen molar-refractivity contribution >= 4 is 51.3 Å². The molecule has 1 N–H and O–H groups in total. The van der Waals surface area contributed by atoms with Crippen LogP contribution in [0.4, 0.5) is 5.00 Å². The first-order valence-corrected chi connectivity index (χ1v) is 10.3. The Morgan fingerprint density at radius 2 is 2.17 bits per heavy atom. The number of nitrogens with zero attached hydrogens (tertiary/aromatic N) is 1. The number of aromatic nitrogens is 1. The molecule has 0 bridgehead atoms. The fourth-order valence-electron chi connectivity index (χ4n) is 2.07. The fourth-order valence-corrected chi connectivity index (χ4v) is 4.49. The number of hydrogen-bond donors (Lipinski definition) is 1. The van der Waals surface area contributed by atoms with E-state index in [0.717, 1.165) is 16.3 Å². The molecule has 2 aromatic heterocycles. The zero-order valence-electron chi connectivity index (χ0n) is 13.8. The number of carbonyl (C=O) groups is 2. The summed E-state index contributed by atoms with van der Waals surface area (Å²) in [6.07, 6.45) is 2.48. The van der Waals surface area contributed by atoms with Crippen LogP contribution >= 0.6 is 34.4 Å². The minimum atomic E-state index is -0.378. The molecule has 0 saturated carbocycles. The second-order valence-corrected chi connectivity index (χ2v) is 8.42. The lowest BCUT2D eigenvalue weighted by Gasteiger charge is -2.09.